The number of fused-ring (bicyclic) bond motifs is 5. The molecular weight excluding hydrogens is 510 g/mol. The summed E-state index contributed by atoms with van der Waals surface area (Å²) in [6, 6.07) is 48.7. The SMILES string of the molecule is N#Cc1ccc(-c2cccc3cc(-c4cc5ccccc5cc4-c4ccc5ccc6cccnc6c5n4)ccc23)cc1. The third-order valence-corrected chi connectivity index (χ3v) is 8.11. The molecule has 0 fully saturated rings. The summed E-state index contributed by atoms with van der Waals surface area (Å²) in [7, 11) is 0. The first-order valence-corrected chi connectivity index (χ1v) is 14.0. The zero-order chi connectivity index (χ0) is 28.0. The van der Waals surface area contributed by atoms with Gasteiger partial charge in [0.25, 0.3) is 0 Å². The van der Waals surface area contributed by atoms with Crippen LogP contribution < -0.4 is 0 Å². The fourth-order valence-corrected chi connectivity index (χ4v) is 5.99. The van der Waals surface area contributed by atoms with Gasteiger partial charge >= 0.3 is 0 Å². The third kappa shape index (κ3) is 3.98. The molecule has 0 aliphatic rings. The molecule has 6 aromatic carbocycles. The van der Waals surface area contributed by atoms with E-state index in [0.29, 0.717) is 5.56 Å². The minimum Gasteiger partial charge on any atom is -0.254 e. The van der Waals surface area contributed by atoms with E-state index in [1.54, 1.807) is 0 Å². The largest absolute Gasteiger partial charge is 0.254 e. The van der Waals surface area contributed by atoms with Crippen molar-refractivity contribution in [3.63, 3.8) is 0 Å². The van der Waals surface area contributed by atoms with E-state index in [4.69, 9.17) is 4.98 Å². The molecule has 0 spiro atoms. The van der Waals surface area contributed by atoms with Crippen LogP contribution in [0, 0.1) is 11.3 Å². The molecule has 0 radical (unpaired) electrons. The lowest BCUT2D eigenvalue weighted by molar-refractivity contribution is 1.37. The highest BCUT2D eigenvalue weighted by atomic mass is 14.8. The van der Waals surface area contributed by atoms with Crippen LogP contribution in [0.3, 0.4) is 0 Å². The highest BCUT2D eigenvalue weighted by Gasteiger charge is 2.14. The Morgan fingerprint density at radius 3 is 1.98 bits per heavy atom. The Morgan fingerprint density at radius 1 is 0.476 bits per heavy atom. The van der Waals surface area contributed by atoms with Crippen LogP contribution in [0.2, 0.25) is 0 Å². The lowest BCUT2D eigenvalue weighted by Gasteiger charge is -2.15. The van der Waals surface area contributed by atoms with E-state index in [1.807, 2.05) is 36.5 Å². The molecule has 42 heavy (non-hydrogen) atoms. The Hall–Kier alpha value is -5.85. The van der Waals surface area contributed by atoms with Crippen molar-refractivity contribution in [3.8, 4) is 39.6 Å². The highest BCUT2D eigenvalue weighted by molar-refractivity contribution is 6.05. The van der Waals surface area contributed by atoms with Gasteiger partial charge in [-0.3, -0.25) is 4.98 Å². The molecule has 0 atom stereocenters. The Balaban J connectivity index is 1.34. The molecule has 0 amide bonds. The Morgan fingerprint density at radius 2 is 1.17 bits per heavy atom. The van der Waals surface area contributed by atoms with Crippen molar-refractivity contribution in [2.45, 2.75) is 0 Å². The Kier molecular flexibility index (Phi) is 5.52. The van der Waals surface area contributed by atoms with Crippen LogP contribution >= 0.6 is 0 Å². The fourth-order valence-electron chi connectivity index (χ4n) is 5.99. The van der Waals surface area contributed by atoms with Gasteiger partial charge in [-0.05, 0) is 86.3 Å². The first-order valence-electron chi connectivity index (χ1n) is 14.0. The quantitative estimate of drug-likeness (QED) is 0.212. The standard InChI is InChI=1S/C39H23N3/c40-24-25-10-12-26(13-11-25)33-9-3-7-31-21-32(16-18-34(31)33)35-22-29-5-1-2-6-30(29)23-36(35)37-19-17-28-15-14-27-8-4-20-41-38(27)39(28)42-37/h1-23H. The minimum atomic E-state index is 0.663. The van der Waals surface area contributed by atoms with Gasteiger partial charge in [-0.2, -0.15) is 5.26 Å². The molecule has 3 heteroatoms. The molecule has 0 bridgehead atoms. The van der Waals surface area contributed by atoms with Crippen molar-refractivity contribution in [2.24, 2.45) is 0 Å². The van der Waals surface area contributed by atoms with Gasteiger partial charge in [-0.15, -0.1) is 0 Å². The topological polar surface area (TPSA) is 49.6 Å². The number of benzene rings is 6. The van der Waals surface area contributed by atoms with E-state index >= 15 is 0 Å². The molecule has 2 aromatic heterocycles. The lowest BCUT2D eigenvalue weighted by Crippen LogP contribution is -1.92. The molecule has 0 saturated carbocycles. The molecule has 0 saturated heterocycles. The van der Waals surface area contributed by atoms with Gasteiger partial charge in [0.2, 0.25) is 0 Å². The van der Waals surface area contributed by atoms with Crippen LogP contribution in [-0.2, 0) is 0 Å². The van der Waals surface area contributed by atoms with E-state index < -0.39 is 0 Å². The lowest BCUT2D eigenvalue weighted by atomic mass is 9.90. The predicted molar refractivity (Wildman–Crippen MR) is 173 cm³/mol. The minimum absolute atomic E-state index is 0.663. The zero-order valence-corrected chi connectivity index (χ0v) is 22.6. The Bertz CT molecular complexity index is 2360. The first kappa shape index (κ1) is 24.0. The second-order valence-corrected chi connectivity index (χ2v) is 10.6. The van der Waals surface area contributed by atoms with Crippen LogP contribution in [0.1, 0.15) is 5.56 Å². The van der Waals surface area contributed by atoms with Crippen molar-refractivity contribution in [3.05, 3.63) is 145 Å². The molecular formula is C39H23N3. The van der Waals surface area contributed by atoms with Gasteiger partial charge in [0, 0.05) is 22.5 Å². The normalized spacial score (nSPS) is 11.3. The number of hydrogen-bond donors (Lipinski definition) is 0. The van der Waals surface area contributed by atoms with Crippen LogP contribution in [0.15, 0.2) is 140 Å². The molecule has 8 aromatic rings. The molecule has 0 N–H and O–H groups in total. The summed E-state index contributed by atoms with van der Waals surface area (Å²) >= 11 is 0. The summed E-state index contributed by atoms with van der Waals surface area (Å²) < 4.78 is 0. The maximum atomic E-state index is 9.22. The smallest absolute Gasteiger partial charge is 0.0991 e. The van der Waals surface area contributed by atoms with E-state index in [1.165, 1.54) is 16.2 Å². The molecule has 0 unspecified atom stereocenters. The van der Waals surface area contributed by atoms with Crippen molar-refractivity contribution in [1.82, 2.24) is 9.97 Å². The highest BCUT2D eigenvalue weighted by Crippen LogP contribution is 2.39. The van der Waals surface area contributed by atoms with Crippen molar-refractivity contribution >= 4 is 43.4 Å². The maximum absolute atomic E-state index is 9.22. The monoisotopic (exact) mass is 533 g/mol. The van der Waals surface area contributed by atoms with Gasteiger partial charge in [0.15, 0.2) is 0 Å². The third-order valence-electron chi connectivity index (χ3n) is 8.11. The maximum Gasteiger partial charge on any atom is 0.0991 e. The van der Waals surface area contributed by atoms with E-state index in [2.05, 4.69) is 114 Å². The van der Waals surface area contributed by atoms with Gasteiger partial charge in [-0.25, -0.2) is 4.98 Å². The summed E-state index contributed by atoms with van der Waals surface area (Å²) in [5.74, 6) is 0. The number of rotatable bonds is 3. The molecule has 0 aliphatic heterocycles. The number of hydrogen-bond acceptors (Lipinski definition) is 3. The summed E-state index contributed by atoms with van der Waals surface area (Å²) in [5, 5.41) is 16.1. The van der Waals surface area contributed by atoms with Gasteiger partial charge in [-0.1, -0.05) is 91.0 Å². The average molecular weight is 534 g/mol. The number of aromatic nitrogens is 2. The van der Waals surface area contributed by atoms with Gasteiger partial charge in [0.05, 0.1) is 28.4 Å². The molecule has 8 rings (SSSR count). The van der Waals surface area contributed by atoms with Crippen LogP contribution in [0.25, 0.3) is 76.9 Å². The van der Waals surface area contributed by atoms with Crippen LogP contribution in [-0.4, -0.2) is 9.97 Å². The molecule has 2 heterocycles. The van der Waals surface area contributed by atoms with Crippen LogP contribution in [0.4, 0.5) is 0 Å². The summed E-state index contributed by atoms with van der Waals surface area (Å²) in [4.78, 5) is 9.88. The number of nitriles is 1. The van der Waals surface area contributed by atoms with Crippen molar-refractivity contribution < 1.29 is 0 Å². The van der Waals surface area contributed by atoms with Gasteiger partial charge < -0.3 is 0 Å². The molecule has 0 aliphatic carbocycles. The van der Waals surface area contributed by atoms with Gasteiger partial charge in [0.1, 0.15) is 0 Å². The summed E-state index contributed by atoms with van der Waals surface area (Å²) in [5.41, 5.74) is 9.03. The summed E-state index contributed by atoms with van der Waals surface area (Å²) in [6.45, 7) is 0. The second-order valence-electron chi connectivity index (χ2n) is 10.6. The van der Waals surface area contributed by atoms with E-state index in [0.717, 1.165) is 60.7 Å². The number of nitrogens with zero attached hydrogens (tertiary/aromatic N) is 3. The summed E-state index contributed by atoms with van der Waals surface area (Å²) in [6.07, 6.45) is 1.83. The Labute approximate surface area is 243 Å². The second kappa shape index (κ2) is 9.66. The fraction of sp³-hybridized carbons (Fsp3) is 0. The first-order chi connectivity index (χ1) is 20.7. The molecule has 194 valence electrons. The van der Waals surface area contributed by atoms with Crippen LogP contribution in [0.5, 0.6) is 0 Å². The zero-order valence-electron chi connectivity index (χ0n) is 22.6. The van der Waals surface area contributed by atoms with E-state index in [-0.39, 0.29) is 0 Å². The number of pyridine rings is 2. The van der Waals surface area contributed by atoms with Crippen molar-refractivity contribution in [1.29, 1.82) is 5.26 Å². The van der Waals surface area contributed by atoms with Crippen molar-refractivity contribution in [2.75, 3.05) is 0 Å². The average Bonchev–Trinajstić information content (AvgIpc) is 3.07. The molecule has 3 nitrogen and oxygen atoms in total. The predicted octanol–water partition coefficient (Wildman–Crippen LogP) is 9.96. The van der Waals surface area contributed by atoms with E-state index in [9.17, 15) is 5.26 Å².